The molecule has 8 heteroatoms. The predicted molar refractivity (Wildman–Crippen MR) is 113 cm³/mol. The molecule has 1 aliphatic heterocycles. The van der Waals surface area contributed by atoms with Crippen LogP contribution in [0, 0.1) is 5.92 Å². The lowest BCUT2D eigenvalue weighted by atomic mass is 9.85. The Balaban J connectivity index is 2.09. The summed E-state index contributed by atoms with van der Waals surface area (Å²) in [5, 5.41) is 7.06. The summed E-state index contributed by atoms with van der Waals surface area (Å²) in [6, 6.07) is 8.35. The molecule has 0 saturated carbocycles. The van der Waals surface area contributed by atoms with Crippen LogP contribution in [0.5, 0.6) is 0 Å². The first-order valence-corrected chi connectivity index (χ1v) is 11.9. The first kappa shape index (κ1) is 22.0. The minimum atomic E-state index is -2.99. The lowest BCUT2D eigenvalue weighted by Gasteiger charge is -2.39. The molecule has 1 heterocycles. The van der Waals surface area contributed by atoms with Crippen molar-refractivity contribution in [3.05, 3.63) is 34.9 Å². The van der Waals surface area contributed by atoms with E-state index in [1.807, 2.05) is 25.1 Å². The first-order chi connectivity index (χ1) is 12.8. The van der Waals surface area contributed by atoms with Gasteiger partial charge in [0.2, 0.25) is 0 Å². The second-order valence-electron chi connectivity index (χ2n) is 7.16. The molecule has 0 spiro atoms. The average molecular weight is 415 g/mol. The maximum Gasteiger partial charge on any atom is 0.191 e. The fourth-order valence-corrected chi connectivity index (χ4v) is 4.24. The second kappa shape index (κ2) is 10.3. The van der Waals surface area contributed by atoms with Gasteiger partial charge in [0.15, 0.2) is 5.96 Å². The normalized spacial score (nSPS) is 21.9. The maximum atomic E-state index is 11.3. The average Bonchev–Trinajstić information content (AvgIpc) is 2.58. The smallest absolute Gasteiger partial charge is 0.191 e. The van der Waals surface area contributed by atoms with Crippen molar-refractivity contribution in [3.8, 4) is 0 Å². The number of piperidine rings is 1. The Morgan fingerprint density at radius 3 is 2.81 bits per heavy atom. The molecule has 0 radical (unpaired) electrons. The van der Waals surface area contributed by atoms with E-state index in [9.17, 15) is 8.42 Å². The Morgan fingerprint density at radius 1 is 1.37 bits per heavy atom. The summed E-state index contributed by atoms with van der Waals surface area (Å²) in [6.07, 6.45) is 3.49. The van der Waals surface area contributed by atoms with Crippen molar-refractivity contribution in [2.45, 2.75) is 25.8 Å². The van der Waals surface area contributed by atoms with Crippen molar-refractivity contribution < 1.29 is 8.42 Å². The zero-order valence-electron chi connectivity index (χ0n) is 16.4. The predicted octanol–water partition coefficient (Wildman–Crippen LogP) is 2.32. The lowest BCUT2D eigenvalue weighted by molar-refractivity contribution is 0.125. The third-order valence-electron chi connectivity index (χ3n) is 4.79. The van der Waals surface area contributed by atoms with E-state index < -0.39 is 9.84 Å². The van der Waals surface area contributed by atoms with Gasteiger partial charge < -0.3 is 10.6 Å². The van der Waals surface area contributed by atoms with E-state index >= 15 is 0 Å². The molecule has 0 bridgehead atoms. The van der Waals surface area contributed by atoms with Gasteiger partial charge in [0, 0.05) is 37.0 Å². The number of benzene rings is 1. The van der Waals surface area contributed by atoms with Crippen LogP contribution in [0.4, 0.5) is 0 Å². The molecule has 152 valence electrons. The maximum absolute atomic E-state index is 11.3. The molecule has 2 unspecified atom stereocenters. The van der Waals surface area contributed by atoms with Gasteiger partial charge in [-0.15, -0.1) is 0 Å². The van der Waals surface area contributed by atoms with Crippen LogP contribution in [-0.2, 0) is 9.84 Å². The van der Waals surface area contributed by atoms with Crippen molar-refractivity contribution in [2.75, 3.05) is 45.2 Å². The molecule has 1 aliphatic rings. The first-order valence-electron chi connectivity index (χ1n) is 9.45. The van der Waals surface area contributed by atoms with Crippen molar-refractivity contribution in [1.29, 1.82) is 0 Å². The van der Waals surface area contributed by atoms with Gasteiger partial charge in [0.1, 0.15) is 9.84 Å². The van der Waals surface area contributed by atoms with Crippen LogP contribution in [-0.4, -0.2) is 64.5 Å². The summed E-state index contributed by atoms with van der Waals surface area (Å²) in [4.78, 5) is 7.10. The van der Waals surface area contributed by atoms with E-state index in [4.69, 9.17) is 16.6 Å². The van der Waals surface area contributed by atoms with E-state index in [0.717, 1.165) is 31.0 Å². The molecule has 0 amide bonds. The number of sulfone groups is 1. The molecule has 0 aromatic heterocycles. The second-order valence-corrected chi connectivity index (χ2v) is 9.86. The fourth-order valence-electron chi connectivity index (χ4n) is 3.57. The number of rotatable bonds is 7. The zero-order chi connectivity index (χ0) is 19.9. The summed E-state index contributed by atoms with van der Waals surface area (Å²) in [5.74, 6) is 1.14. The van der Waals surface area contributed by atoms with Crippen molar-refractivity contribution >= 4 is 27.4 Å². The van der Waals surface area contributed by atoms with Crippen LogP contribution in [0.25, 0.3) is 0 Å². The molecule has 1 aromatic carbocycles. The van der Waals surface area contributed by atoms with Crippen LogP contribution in [0.1, 0.15) is 31.4 Å². The molecule has 0 aliphatic carbocycles. The Hall–Kier alpha value is -1.31. The lowest BCUT2D eigenvalue weighted by Crippen LogP contribution is -2.41. The molecule has 27 heavy (non-hydrogen) atoms. The molecule has 1 aromatic rings. The van der Waals surface area contributed by atoms with Gasteiger partial charge in [-0.3, -0.25) is 9.89 Å². The monoisotopic (exact) mass is 414 g/mol. The van der Waals surface area contributed by atoms with E-state index in [0.29, 0.717) is 25.0 Å². The number of halogens is 1. The van der Waals surface area contributed by atoms with E-state index in [-0.39, 0.29) is 11.8 Å². The molecule has 1 saturated heterocycles. The molecular formula is C19H31ClN4O2S. The van der Waals surface area contributed by atoms with Crippen LogP contribution >= 0.6 is 11.6 Å². The standard InChI is InChI=1S/C19H31ClN4O2S/c1-4-21-19(22-10-12-27(3,25)26)23-14-16-8-6-11-24(2)18(16)15-7-5-9-17(20)13-15/h5,7,9,13,16,18H,4,6,8,10-12,14H2,1-3H3,(H2,21,22,23). The SMILES string of the molecule is CCNC(=NCC1CCCN(C)C1c1cccc(Cl)c1)NCCS(C)(=O)=O. The number of nitrogens with one attached hydrogen (secondary N) is 2. The molecule has 2 rings (SSSR count). The molecule has 2 N–H and O–H groups in total. The summed E-state index contributed by atoms with van der Waals surface area (Å²) in [6.45, 7) is 4.82. The number of hydrogen-bond acceptors (Lipinski definition) is 4. The Kier molecular flexibility index (Phi) is 8.38. The van der Waals surface area contributed by atoms with Gasteiger partial charge in [0.05, 0.1) is 5.75 Å². The Morgan fingerprint density at radius 2 is 2.15 bits per heavy atom. The fraction of sp³-hybridized carbons (Fsp3) is 0.632. The van der Waals surface area contributed by atoms with Crippen LogP contribution in [0.3, 0.4) is 0 Å². The number of hydrogen-bond donors (Lipinski definition) is 2. The van der Waals surface area contributed by atoms with E-state index in [2.05, 4.69) is 28.6 Å². The number of guanidine groups is 1. The van der Waals surface area contributed by atoms with Gasteiger partial charge >= 0.3 is 0 Å². The van der Waals surface area contributed by atoms with Crippen LogP contribution < -0.4 is 10.6 Å². The third kappa shape index (κ3) is 7.31. The van der Waals surface area contributed by atoms with Gasteiger partial charge in [-0.2, -0.15) is 0 Å². The molecule has 6 nitrogen and oxygen atoms in total. The Labute approximate surface area is 168 Å². The van der Waals surface area contributed by atoms with Gasteiger partial charge in [-0.25, -0.2) is 8.42 Å². The van der Waals surface area contributed by atoms with Crippen molar-refractivity contribution in [3.63, 3.8) is 0 Å². The van der Waals surface area contributed by atoms with Crippen molar-refractivity contribution in [1.82, 2.24) is 15.5 Å². The van der Waals surface area contributed by atoms with Crippen LogP contribution in [0.15, 0.2) is 29.3 Å². The quantitative estimate of drug-likeness (QED) is 0.529. The minimum Gasteiger partial charge on any atom is -0.357 e. The van der Waals surface area contributed by atoms with E-state index in [1.165, 1.54) is 11.8 Å². The highest BCUT2D eigenvalue weighted by Gasteiger charge is 2.30. The molecule has 1 fully saturated rings. The largest absolute Gasteiger partial charge is 0.357 e. The van der Waals surface area contributed by atoms with Gasteiger partial charge in [0.25, 0.3) is 0 Å². The zero-order valence-corrected chi connectivity index (χ0v) is 18.0. The third-order valence-corrected chi connectivity index (χ3v) is 5.97. The topological polar surface area (TPSA) is 73.8 Å². The minimum absolute atomic E-state index is 0.0920. The molecule has 2 atom stereocenters. The highest BCUT2D eigenvalue weighted by molar-refractivity contribution is 7.90. The summed E-state index contributed by atoms with van der Waals surface area (Å²) >= 11 is 6.21. The highest BCUT2D eigenvalue weighted by atomic mass is 35.5. The number of nitrogens with zero attached hydrogens (tertiary/aromatic N) is 2. The number of aliphatic imine (C=N–C) groups is 1. The summed E-state index contributed by atoms with van der Waals surface area (Å²) < 4.78 is 22.6. The summed E-state index contributed by atoms with van der Waals surface area (Å²) in [5.41, 5.74) is 1.22. The number of likely N-dealkylation sites (tertiary alicyclic amines) is 1. The van der Waals surface area contributed by atoms with Crippen LogP contribution in [0.2, 0.25) is 5.02 Å². The highest BCUT2D eigenvalue weighted by Crippen LogP contribution is 2.36. The van der Waals surface area contributed by atoms with E-state index in [1.54, 1.807) is 0 Å². The van der Waals surface area contributed by atoms with Gasteiger partial charge in [-0.05, 0) is 57.0 Å². The van der Waals surface area contributed by atoms with Crippen molar-refractivity contribution in [2.24, 2.45) is 10.9 Å². The summed E-state index contributed by atoms with van der Waals surface area (Å²) in [7, 11) is -0.841. The Bertz CT molecular complexity index is 739. The molecular weight excluding hydrogens is 384 g/mol. The van der Waals surface area contributed by atoms with Gasteiger partial charge in [-0.1, -0.05) is 23.7 Å².